The zero-order valence-electron chi connectivity index (χ0n) is 15.7. The van der Waals surface area contributed by atoms with Crippen molar-refractivity contribution in [1.29, 1.82) is 0 Å². The highest BCUT2D eigenvalue weighted by Crippen LogP contribution is 2.34. The molecule has 1 unspecified atom stereocenters. The number of hydrogen-bond acceptors (Lipinski definition) is 3. The minimum absolute atomic E-state index is 0.257. The molecule has 1 N–H and O–H groups in total. The fraction of sp³-hybridized carbons (Fsp3) is 0.381. The fourth-order valence-corrected chi connectivity index (χ4v) is 4.69. The summed E-state index contributed by atoms with van der Waals surface area (Å²) in [6.45, 7) is 5.98. The van der Waals surface area contributed by atoms with E-state index in [0.717, 1.165) is 5.56 Å². The van der Waals surface area contributed by atoms with E-state index in [9.17, 15) is 17.6 Å². The number of sulfone groups is 1. The summed E-state index contributed by atoms with van der Waals surface area (Å²) in [5.74, 6) is -0.625. The first-order valence-corrected chi connectivity index (χ1v) is 10.5. The summed E-state index contributed by atoms with van der Waals surface area (Å²) < 4.78 is 37.8. The van der Waals surface area contributed by atoms with Gasteiger partial charge in [-0.15, -0.1) is 0 Å². The van der Waals surface area contributed by atoms with E-state index >= 15 is 0 Å². The molecule has 1 fully saturated rings. The average molecular weight is 389 g/mol. The van der Waals surface area contributed by atoms with E-state index in [1.54, 1.807) is 12.1 Å². The lowest BCUT2D eigenvalue weighted by molar-refractivity contribution is 0.0901. The monoisotopic (exact) mass is 389 g/mol. The van der Waals surface area contributed by atoms with E-state index in [1.165, 1.54) is 36.4 Å². The first-order valence-electron chi connectivity index (χ1n) is 8.99. The molecule has 27 heavy (non-hydrogen) atoms. The first-order chi connectivity index (χ1) is 12.6. The Bertz CT molecular complexity index is 925. The second-order valence-corrected chi connectivity index (χ2v) is 10.3. The van der Waals surface area contributed by atoms with Crippen LogP contribution in [0.5, 0.6) is 0 Å². The van der Waals surface area contributed by atoms with Gasteiger partial charge >= 0.3 is 0 Å². The number of carbonyl (C=O) groups is 1. The molecular formula is C21H24FNO3S. The van der Waals surface area contributed by atoms with Crippen LogP contribution in [-0.4, -0.2) is 19.6 Å². The molecule has 1 atom stereocenters. The van der Waals surface area contributed by atoms with E-state index in [-0.39, 0.29) is 33.3 Å². The van der Waals surface area contributed by atoms with Crippen molar-refractivity contribution in [3.63, 3.8) is 0 Å². The summed E-state index contributed by atoms with van der Waals surface area (Å²) in [5.41, 5.74) is 0.911. The smallest absolute Gasteiger partial charge is 0.251 e. The van der Waals surface area contributed by atoms with Crippen LogP contribution in [-0.2, 0) is 9.84 Å². The minimum atomic E-state index is -3.27. The van der Waals surface area contributed by atoms with Crippen LogP contribution in [0.2, 0.25) is 0 Å². The minimum Gasteiger partial charge on any atom is -0.345 e. The van der Waals surface area contributed by atoms with Crippen LogP contribution >= 0.6 is 0 Å². The fourth-order valence-electron chi connectivity index (χ4n) is 3.04. The SMILES string of the molecule is CC(C)(C)C(NC(=O)c1ccc(S(=O)(=O)C2CC2)cc1)c1ccc(F)cc1. The quantitative estimate of drug-likeness (QED) is 0.830. The maximum atomic E-state index is 13.2. The van der Waals surface area contributed by atoms with E-state index in [2.05, 4.69) is 5.32 Å². The molecule has 2 aromatic rings. The zero-order chi connectivity index (χ0) is 19.8. The van der Waals surface area contributed by atoms with Gasteiger partial charge in [0, 0.05) is 5.56 Å². The third kappa shape index (κ3) is 4.38. The lowest BCUT2D eigenvalue weighted by atomic mass is 9.82. The van der Waals surface area contributed by atoms with E-state index in [4.69, 9.17) is 0 Å². The average Bonchev–Trinajstić information content (AvgIpc) is 3.45. The van der Waals surface area contributed by atoms with Crippen LogP contribution in [0.1, 0.15) is 55.6 Å². The van der Waals surface area contributed by atoms with Gasteiger partial charge in [0.05, 0.1) is 16.2 Å². The normalized spacial score (nSPS) is 16.0. The number of halogens is 1. The highest BCUT2D eigenvalue weighted by molar-refractivity contribution is 7.92. The second-order valence-electron chi connectivity index (χ2n) is 8.09. The largest absolute Gasteiger partial charge is 0.345 e. The summed E-state index contributed by atoms with van der Waals surface area (Å²) >= 11 is 0. The Morgan fingerprint density at radius 2 is 1.59 bits per heavy atom. The Labute approximate surface area is 159 Å². The van der Waals surface area contributed by atoms with Crippen LogP contribution in [0, 0.1) is 11.2 Å². The third-order valence-corrected chi connectivity index (χ3v) is 7.03. The summed E-state index contributed by atoms with van der Waals surface area (Å²) in [5, 5.41) is 2.71. The Kier molecular flexibility index (Phi) is 5.12. The molecule has 144 valence electrons. The lowest BCUT2D eigenvalue weighted by Crippen LogP contribution is -2.36. The van der Waals surface area contributed by atoms with Crippen molar-refractivity contribution in [2.45, 2.75) is 49.8 Å². The Hall–Kier alpha value is -2.21. The van der Waals surface area contributed by atoms with Crippen LogP contribution < -0.4 is 5.32 Å². The Balaban J connectivity index is 1.80. The van der Waals surface area contributed by atoms with Crippen molar-refractivity contribution in [2.75, 3.05) is 0 Å². The molecule has 0 aromatic heterocycles. The van der Waals surface area contributed by atoms with Gasteiger partial charge in [0.1, 0.15) is 5.82 Å². The van der Waals surface area contributed by atoms with Crippen molar-refractivity contribution in [3.05, 3.63) is 65.5 Å². The third-order valence-electron chi connectivity index (χ3n) is 4.75. The number of rotatable bonds is 5. The number of carbonyl (C=O) groups excluding carboxylic acids is 1. The van der Waals surface area contributed by atoms with Crippen LogP contribution in [0.4, 0.5) is 4.39 Å². The summed E-state index contributed by atoms with van der Waals surface area (Å²) in [6.07, 6.45) is 1.41. The number of amides is 1. The maximum absolute atomic E-state index is 13.2. The van der Waals surface area contributed by atoms with Gasteiger partial charge in [0.2, 0.25) is 0 Å². The predicted molar refractivity (Wildman–Crippen MR) is 103 cm³/mol. The van der Waals surface area contributed by atoms with Crippen molar-refractivity contribution < 1.29 is 17.6 Å². The molecule has 1 aliphatic carbocycles. The zero-order valence-corrected chi connectivity index (χ0v) is 16.5. The molecule has 3 rings (SSSR count). The lowest BCUT2D eigenvalue weighted by Gasteiger charge is -2.32. The highest BCUT2D eigenvalue weighted by Gasteiger charge is 2.36. The predicted octanol–water partition coefficient (Wildman–Crippen LogP) is 4.28. The molecule has 0 aliphatic heterocycles. The molecule has 0 bridgehead atoms. The molecule has 1 amide bonds. The van der Waals surface area contributed by atoms with E-state index in [0.29, 0.717) is 18.4 Å². The van der Waals surface area contributed by atoms with Crippen molar-refractivity contribution in [3.8, 4) is 0 Å². The van der Waals surface area contributed by atoms with Gasteiger partial charge in [-0.05, 0) is 60.2 Å². The maximum Gasteiger partial charge on any atom is 0.251 e. The first kappa shape index (κ1) is 19.5. The molecule has 0 heterocycles. The van der Waals surface area contributed by atoms with Crippen LogP contribution in [0.15, 0.2) is 53.4 Å². The Morgan fingerprint density at radius 3 is 2.07 bits per heavy atom. The van der Waals surface area contributed by atoms with Gasteiger partial charge in [-0.25, -0.2) is 12.8 Å². The van der Waals surface area contributed by atoms with Crippen molar-refractivity contribution in [2.24, 2.45) is 5.41 Å². The number of nitrogens with one attached hydrogen (secondary N) is 1. The number of benzene rings is 2. The van der Waals surface area contributed by atoms with Gasteiger partial charge in [0.25, 0.3) is 5.91 Å². The van der Waals surface area contributed by atoms with Gasteiger partial charge in [-0.2, -0.15) is 0 Å². The highest BCUT2D eigenvalue weighted by atomic mass is 32.2. The Morgan fingerprint density at radius 1 is 1.04 bits per heavy atom. The van der Waals surface area contributed by atoms with Crippen molar-refractivity contribution in [1.82, 2.24) is 5.32 Å². The van der Waals surface area contributed by atoms with E-state index in [1.807, 2.05) is 20.8 Å². The molecular weight excluding hydrogens is 365 g/mol. The van der Waals surface area contributed by atoms with Crippen molar-refractivity contribution >= 4 is 15.7 Å². The molecule has 0 saturated heterocycles. The van der Waals surface area contributed by atoms with Crippen LogP contribution in [0.3, 0.4) is 0 Å². The molecule has 1 saturated carbocycles. The molecule has 0 spiro atoms. The molecule has 1 aliphatic rings. The van der Waals surface area contributed by atoms with E-state index < -0.39 is 9.84 Å². The standard InChI is InChI=1S/C21H24FNO3S/c1-21(2,3)19(14-4-8-16(22)9-5-14)23-20(24)15-6-10-17(11-7-15)27(25,26)18-12-13-18/h4-11,18-19H,12-13H2,1-3H3,(H,23,24). The second kappa shape index (κ2) is 7.08. The molecule has 6 heteroatoms. The molecule has 2 aromatic carbocycles. The van der Waals surface area contributed by atoms with Crippen LogP contribution in [0.25, 0.3) is 0 Å². The van der Waals surface area contributed by atoms with Gasteiger partial charge in [-0.1, -0.05) is 32.9 Å². The van der Waals surface area contributed by atoms with Gasteiger partial charge < -0.3 is 5.32 Å². The molecule has 4 nitrogen and oxygen atoms in total. The summed E-state index contributed by atoms with van der Waals surface area (Å²) in [7, 11) is -3.27. The molecule has 0 radical (unpaired) electrons. The summed E-state index contributed by atoms with van der Waals surface area (Å²) in [6, 6.07) is 11.8. The topological polar surface area (TPSA) is 63.2 Å². The number of hydrogen-bond donors (Lipinski definition) is 1. The summed E-state index contributed by atoms with van der Waals surface area (Å²) in [4.78, 5) is 13.0. The van der Waals surface area contributed by atoms with Gasteiger partial charge in [-0.3, -0.25) is 4.79 Å². The van der Waals surface area contributed by atoms with Gasteiger partial charge in [0.15, 0.2) is 9.84 Å².